The summed E-state index contributed by atoms with van der Waals surface area (Å²) in [6, 6.07) is 22.2. The van der Waals surface area contributed by atoms with Crippen LogP contribution in [-0.4, -0.2) is 51.0 Å². The second-order valence-electron chi connectivity index (χ2n) is 8.48. The van der Waals surface area contributed by atoms with Crippen molar-refractivity contribution in [1.82, 2.24) is 10.2 Å². The van der Waals surface area contributed by atoms with E-state index in [9.17, 15) is 18.0 Å². The molecule has 0 unspecified atom stereocenters. The highest BCUT2D eigenvalue weighted by Gasteiger charge is 2.29. The lowest BCUT2D eigenvalue weighted by Gasteiger charge is -2.31. The molecule has 0 aliphatic carbocycles. The van der Waals surface area contributed by atoms with Crippen molar-refractivity contribution >= 4 is 39.1 Å². The second-order valence-corrected chi connectivity index (χ2v) is 10.8. The number of carbonyl (C=O) groups is 2. The molecule has 3 rings (SSSR count). The first-order valence-corrected chi connectivity index (χ1v) is 13.8. The molecule has 0 aliphatic rings. The van der Waals surface area contributed by atoms with E-state index in [1.54, 1.807) is 55.5 Å². The molecule has 0 saturated carbocycles. The van der Waals surface area contributed by atoms with Crippen molar-refractivity contribution in [2.45, 2.75) is 26.1 Å². The molecule has 1 atom stereocenters. The Labute approximate surface area is 222 Å². The van der Waals surface area contributed by atoms with Gasteiger partial charge in [0.15, 0.2) is 0 Å². The normalized spacial score (nSPS) is 11.9. The third kappa shape index (κ3) is 7.96. The van der Waals surface area contributed by atoms with Gasteiger partial charge in [-0.05, 0) is 54.4 Å². The highest BCUT2D eigenvalue weighted by Crippen LogP contribution is 2.23. The van der Waals surface area contributed by atoms with Crippen molar-refractivity contribution in [2.75, 3.05) is 24.2 Å². The van der Waals surface area contributed by atoms with Crippen LogP contribution in [-0.2, 0) is 32.8 Å². The first kappa shape index (κ1) is 28.0. The second kappa shape index (κ2) is 12.6. The van der Waals surface area contributed by atoms with Crippen molar-refractivity contribution < 1.29 is 22.7 Å². The van der Waals surface area contributed by atoms with Crippen molar-refractivity contribution in [1.29, 1.82) is 0 Å². The Morgan fingerprint density at radius 3 is 2.22 bits per heavy atom. The van der Waals surface area contributed by atoms with E-state index in [1.807, 2.05) is 30.3 Å². The number of halogens is 1. The molecule has 0 aliphatic heterocycles. The standard InChI is InChI=1S/C27H30ClN3O5S/c1-20(27(33)29-2)30(17-22-10-7-11-23(28)16-22)26(32)18-31(37(3,34)35)24-12-14-25(15-13-24)36-19-21-8-5-4-6-9-21/h4-16,20H,17-19H2,1-3H3,(H,29,33)/t20-/m1/s1. The van der Waals surface area contributed by atoms with E-state index in [1.165, 1.54) is 11.9 Å². The SMILES string of the molecule is CNC(=O)[C@@H](C)N(Cc1cccc(Cl)c1)C(=O)CN(c1ccc(OCc2ccccc2)cc1)S(C)(=O)=O. The van der Waals surface area contributed by atoms with Gasteiger partial charge in [0.05, 0.1) is 11.9 Å². The topological polar surface area (TPSA) is 96.0 Å². The molecule has 3 aromatic rings. The number of benzene rings is 3. The van der Waals surface area contributed by atoms with E-state index < -0.39 is 28.5 Å². The first-order chi connectivity index (χ1) is 17.6. The maximum Gasteiger partial charge on any atom is 0.244 e. The van der Waals surface area contributed by atoms with Crippen LogP contribution in [0.2, 0.25) is 5.02 Å². The lowest BCUT2D eigenvalue weighted by atomic mass is 10.1. The van der Waals surface area contributed by atoms with Crippen molar-refractivity contribution in [3.63, 3.8) is 0 Å². The largest absolute Gasteiger partial charge is 0.489 e. The number of hydrogen-bond acceptors (Lipinski definition) is 5. The van der Waals surface area contributed by atoms with Gasteiger partial charge in [-0.25, -0.2) is 8.42 Å². The average Bonchev–Trinajstić information content (AvgIpc) is 2.88. The van der Waals surface area contributed by atoms with E-state index in [0.717, 1.165) is 16.1 Å². The Morgan fingerprint density at radius 1 is 0.973 bits per heavy atom. The van der Waals surface area contributed by atoms with Crippen LogP contribution in [0.1, 0.15) is 18.1 Å². The van der Waals surface area contributed by atoms with E-state index in [2.05, 4.69) is 5.32 Å². The van der Waals surface area contributed by atoms with Gasteiger partial charge >= 0.3 is 0 Å². The highest BCUT2D eigenvalue weighted by molar-refractivity contribution is 7.92. The van der Waals surface area contributed by atoms with E-state index >= 15 is 0 Å². The summed E-state index contributed by atoms with van der Waals surface area (Å²) in [4.78, 5) is 27.2. The van der Waals surface area contributed by atoms with Crippen LogP contribution in [0, 0.1) is 0 Å². The van der Waals surface area contributed by atoms with Crippen LogP contribution in [0.4, 0.5) is 5.69 Å². The molecule has 37 heavy (non-hydrogen) atoms. The van der Waals surface area contributed by atoms with E-state index in [0.29, 0.717) is 28.6 Å². The summed E-state index contributed by atoms with van der Waals surface area (Å²) in [6.45, 7) is 1.55. The quantitative estimate of drug-likeness (QED) is 0.396. The van der Waals surface area contributed by atoms with Crippen molar-refractivity contribution in [3.05, 3.63) is 95.0 Å². The molecule has 3 aromatic carbocycles. The molecule has 196 valence electrons. The van der Waals surface area contributed by atoms with Crippen LogP contribution in [0.25, 0.3) is 0 Å². The monoisotopic (exact) mass is 543 g/mol. The Bertz CT molecular complexity index is 1320. The van der Waals surface area contributed by atoms with Gasteiger partial charge in [-0.1, -0.05) is 54.1 Å². The van der Waals surface area contributed by atoms with E-state index in [-0.39, 0.29) is 12.5 Å². The van der Waals surface area contributed by atoms with Gasteiger partial charge in [0.1, 0.15) is 24.9 Å². The minimum absolute atomic E-state index is 0.0812. The molecule has 0 bridgehead atoms. The Morgan fingerprint density at radius 2 is 1.62 bits per heavy atom. The van der Waals surface area contributed by atoms with E-state index in [4.69, 9.17) is 16.3 Å². The van der Waals surface area contributed by atoms with Crippen LogP contribution in [0.15, 0.2) is 78.9 Å². The molecule has 1 N–H and O–H groups in total. The van der Waals surface area contributed by atoms with Gasteiger partial charge in [0.25, 0.3) is 0 Å². The number of nitrogens with one attached hydrogen (secondary N) is 1. The first-order valence-electron chi connectivity index (χ1n) is 11.6. The highest BCUT2D eigenvalue weighted by atomic mass is 35.5. The third-order valence-corrected chi connectivity index (χ3v) is 7.08. The number of rotatable bonds is 11. The number of amides is 2. The molecule has 0 heterocycles. The molecule has 0 fully saturated rings. The molecule has 0 aromatic heterocycles. The third-order valence-electron chi connectivity index (χ3n) is 5.71. The summed E-state index contributed by atoms with van der Waals surface area (Å²) in [5.41, 5.74) is 2.01. The minimum Gasteiger partial charge on any atom is -0.489 e. The van der Waals surface area contributed by atoms with Crippen molar-refractivity contribution in [2.24, 2.45) is 0 Å². The number of ether oxygens (including phenoxy) is 1. The predicted octanol–water partition coefficient (Wildman–Crippen LogP) is 3.85. The fraction of sp³-hybridized carbons (Fsp3) is 0.259. The number of anilines is 1. The van der Waals surface area contributed by atoms with Crippen LogP contribution >= 0.6 is 11.6 Å². The Kier molecular flexibility index (Phi) is 9.54. The van der Waals surface area contributed by atoms with Crippen molar-refractivity contribution in [3.8, 4) is 5.75 Å². The average molecular weight is 544 g/mol. The molecule has 10 heteroatoms. The smallest absolute Gasteiger partial charge is 0.244 e. The Balaban J connectivity index is 1.80. The molecule has 0 saturated heterocycles. The fourth-order valence-electron chi connectivity index (χ4n) is 3.69. The van der Waals surface area contributed by atoms with Gasteiger partial charge in [0.2, 0.25) is 21.8 Å². The number of carbonyl (C=O) groups excluding carboxylic acids is 2. The summed E-state index contributed by atoms with van der Waals surface area (Å²) in [7, 11) is -2.35. The number of hydrogen-bond donors (Lipinski definition) is 1. The fourth-order valence-corrected chi connectivity index (χ4v) is 4.75. The Hall–Kier alpha value is -3.56. The van der Waals surface area contributed by atoms with Gasteiger partial charge in [-0.15, -0.1) is 0 Å². The summed E-state index contributed by atoms with van der Waals surface area (Å²) in [5.74, 6) is -0.352. The van der Waals surface area contributed by atoms with Gasteiger partial charge in [-0.2, -0.15) is 0 Å². The predicted molar refractivity (Wildman–Crippen MR) is 145 cm³/mol. The van der Waals surface area contributed by atoms with Gasteiger partial charge < -0.3 is 15.0 Å². The number of nitrogens with zero attached hydrogens (tertiary/aromatic N) is 2. The van der Waals surface area contributed by atoms with Gasteiger partial charge in [-0.3, -0.25) is 13.9 Å². The molecule has 2 amide bonds. The maximum absolute atomic E-state index is 13.4. The summed E-state index contributed by atoms with van der Waals surface area (Å²) < 4.78 is 32.1. The van der Waals surface area contributed by atoms with Crippen LogP contribution < -0.4 is 14.4 Å². The summed E-state index contributed by atoms with van der Waals surface area (Å²) in [5, 5.41) is 3.03. The van der Waals surface area contributed by atoms with Crippen LogP contribution in [0.3, 0.4) is 0 Å². The maximum atomic E-state index is 13.4. The number of likely N-dealkylation sites (N-methyl/N-ethyl adjacent to an activating group) is 1. The lowest BCUT2D eigenvalue weighted by molar-refractivity contribution is -0.139. The molecular weight excluding hydrogens is 514 g/mol. The lowest BCUT2D eigenvalue weighted by Crippen LogP contribution is -2.50. The summed E-state index contributed by atoms with van der Waals surface area (Å²) >= 11 is 6.09. The zero-order valence-electron chi connectivity index (χ0n) is 20.9. The summed E-state index contributed by atoms with van der Waals surface area (Å²) in [6.07, 6.45) is 1.03. The molecular formula is C27H30ClN3O5S. The molecule has 0 radical (unpaired) electrons. The molecule has 8 nitrogen and oxygen atoms in total. The van der Waals surface area contributed by atoms with Gasteiger partial charge in [0, 0.05) is 18.6 Å². The number of sulfonamides is 1. The zero-order valence-corrected chi connectivity index (χ0v) is 22.5. The minimum atomic E-state index is -3.82. The van der Waals surface area contributed by atoms with Crippen LogP contribution in [0.5, 0.6) is 5.75 Å². The molecule has 0 spiro atoms. The zero-order chi connectivity index (χ0) is 27.0.